The SMILES string of the molecule is Cc1cncc(-n2cc(B3OC(C)(C)C(C)(C)O3)c(C)n2)c1. The molecule has 0 atom stereocenters. The van der Waals surface area contributed by atoms with Gasteiger partial charge >= 0.3 is 7.12 Å². The number of rotatable bonds is 2. The molecule has 0 unspecified atom stereocenters. The van der Waals surface area contributed by atoms with E-state index < -0.39 is 7.12 Å². The Hall–Kier alpha value is -1.66. The van der Waals surface area contributed by atoms with Crippen LogP contribution in [0.1, 0.15) is 39.0 Å². The Morgan fingerprint density at radius 1 is 1.05 bits per heavy atom. The standard InChI is InChI=1S/C16H22BN3O2/c1-11-7-13(9-18-8-11)20-10-14(12(2)19-20)17-21-15(3,4)16(5,6)22-17/h7-10H,1-6H3. The summed E-state index contributed by atoms with van der Waals surface area (Å²) in [5.74, 6) is 0. The molecule has 0 amide bonds. The molecule has 1 aliphatic rings. The summed E-state index contributed by atoms with van der Waals surface area (Å²) in [6.45, 7) is 12.2. The number of aromatic nitrogens is 3. The predicted octanol–water partition coefficient (Wildman–Crippen LogP) is 2.18. The van der Waals surface area contributed by atoms with Crippen LogP contribution in [-0.2, 0) is 9.31 Å². The van der Waals surface area contributed by atoms with E-state index in [1.807, 2.05) is 37.0 Å². The zero-order valence-corrected chi connectivity index (χ0v) is 14.0. The van der Waals surface area contributed by atoms with Gasteiger partial charge in [-0.1, -0.05) is 0 Å². The molecule has 3 rings (SSSR count). The van der Waals surface area contributed by atoms with E-state index in [4.69, 9.17) is 9.31 Å². The smallest absolute Gasteiger partial charge is 0.399 e. The molecule has 0 saturated carbocycles. The maximum absolute atomic E-state index is 6.11. The van der Waals surface area contributed by atoms with Crippen molar-refractivity contribution in [1.82, 2.24) is 14.8 Å². The van der Waals surface area contributed by atoms with E-state index in [0.29, 0.717) is 0 Å². The monoisotopic (exact) mass is 299 g/mol. The minimum Gasteiger partial charge on any atom is -0.399 e. The minimum absolute atomic E-state index is 0.350. The third-order valence-corrected chi connectivity index (χ3v) is 4.57. The van der Waals surface area contributed by atoms with Gasteiger partial charge in [-0.2, -0.15) is 5.10 Å². The first-order chi connectivity index (χ1) is 10.2. The van der Waals surface area contributed by atoms with Crippen molar-refractivity contribution in [2.75, 3.05) is 0 Å². The zero-order valence-electron chi connectivity index (χ0n) is 14.0. The van der Waals surface area contributed by atoms with Crippen molar-refractivity contribution in [1.29, 1.82) is 0 Å². The van der Waals surface area contributed by atoms with Gasteiger partial charge in [0.15, 0.2) is 0 Å². The topological polar surface area (TPSA) is 49.2 Å². The number of hydrogen-bond donors (Lipinski definition) is 0. The van der Waals surface area contributed by atoms with Crippen LogP contribution in [-0.4, -0.2) is 33.1 Å². The van der Waals surface area contributed by atoms with Gasteiger partial charge in [0, 0.05) is 17.9 Å². The van der Waals surface area contributed by atoms with Crippen LogP contribution in [0.5, 0.6) is 0 Å². The van der Waals surface area contributed by atoms with Gasteiger partial charge < -0.3 is 9.31 Å². The van der Waals surface area contributed by atoms with E-state index in [1.165, 1.54) is 0 Å². The second-order valence-corrected chi connectivity index (χ2v) is 6.92. The van der Waals surface area contributed by atoms with Crippen molar-refractivity contribution >= 4 is 12.6 Å². The molecule has 2 aromatic rings. The van der Waals surface area contributed by atoms with Crippen molar-refractivity contribution in [3.05, 3.63) is 35.9 Å². The Morgan fingerprint density at radius 2 is 1.68 bits per heavy atom. The molecule has 0 spiro atoms. The van der Waals surface area contributed by atoms with E-state index in [9.17, 15) is 0 Å². The summed E-state index contributed by atoms with van der Waals surface area (Å²) in [6.07, 6.45) is 5.59. The van der Waals surface area contributed by atoms with Crippen LogP contribution >= 0.6 is 0 Å². The molecule has 1 fully saturated rings. The van der Waals surface area contributed by atoms with Crippen LogP contribution in [0.25, 0.3) is 5.69 Å². The fourth-order valence-electron chi connectivity index (χ4n) is 2.47. The van der Waals surface area contributed by atoms with Gasteiger partial charge in [-0.3, -0.25) is 4.98 Å². The quantitative estimate of drug-likeness (QED) is 0.798. The first-order valence-electron chi connectivity index (χ1n) is 7.53. The Kier molecular flexibility index (Phi) is 3.42. The van der Waals surface area contributed by atoms with Gasteiger partial charge in [-0.05, 0) is 53.2 Å². The highest BCUT2D eigenvalue weighted by molar-refractivity contribution is 6.62. The average molecular weight is 299 g/mol. The molecule has 5 nitrogen and oxygen atoms in total. The molecule has 2 aromatic heterocycles. The first-order valence-corrected chi connectivity index (χ1v) is 7.53. The Bertz CT molecular complexity index is 693. The van der Waals surface area contributed by atoms with E-state index in [0.717, 1.165) is 22.4 Å². The van der Waals surface area contributed by atoms with Crippen LogP contribution < -0.4 is 5.46 Å². The molecular weight excluding hydrogens is 277 g/mol. The fraction of sp³-hybridized carbons (Fsp3) is 0.500. The lowest BCUT2D eigenvalue weighted by Crippen LogP contribution is -2.41. The van der Waals surface area contributed by atoms with Crippen molar-refractivity contribution in [2.45, 2.75) is 52.7 Å². The molecule has 0 bridgehead atoms. The Labute approximate surface area is 131 Å². The number of pyridine rings is 1. The lowest BCUT2D eigenvalue weighted by molar-refractivity contribution is 0.00578. The lowest BCUT2D eigenvalue weighted by Gasteiger charge is -2.32. The maximum atomic E-state index is 6.11. The van der Waals surface area contributed by atoms with Crippen LogP contribution in [0, 0.1) is 13.8 Å². The first kappa shape index (κ1) is 15.2. The van der Waals surface area contributed by atoms with Gasteiger partial charge in [0.05, 0.1) is 28.8 Å². The lowest BCUT2D eigenvalue weighted by atomic mass is 9.79. The van der Waals surface area contributed by atoms with E-state index >= 15 is 0 Å². The summed E-state index contributed by atoms with van der Waals surface area (Å²) in [7, 11) is -0.392. The largest absolute Gasteiger partial charge is 0.498 e. The minimum atomic E-state index is -0.392. The van der Waals surface area contributed by atoms with Crippen LogP contribution in [0.2, 0.25) is 0 Å². The highest BCUT2D eigenvalue weighted by Crippen LogP contribution is 2.36. The number of aryl methyl sites for hydroxylation is 2. The highest BCUT2D eigenvalue weighted by atomic mass is 16.7. The molecule has 116 valence electrons. The second kappa shape index (κ2) is 4.93. The molecule has 0 aromatic carbocycles. The summed E-state index contributed by atoms with van der Waals surface area (Å²) in [4.78, 5) is 4.22. The average Bonchev–Trinajstić information content (AvgIpc) is 2.88. The summed E-state index contributed by atoms with van der Waals surface area (Å²) in [5.41, 5.74) is 3.20. The third-order valence-electron chi connectivity index (χ3n) is 4.57. The predicted molar refractivity (Wildman–Crippen MR) is 86.5 cm³/mol. The Balaban J connectivity index is 1.94. The van der Waals surface area contributed by atoms with Crippen molar-refractivity contribution < 1.29 is 9.31 Å². The summed E-state index contributed by atoms with van der Waals surface area (Å²) in [6, 6.07) is 2.05. The highest BCUT2D eigenvalue weighted by Gasteiger charge is 2.52. The van der Waals surface area contributed by atoms with Crippen LogP contribution in [0.4, 0.5) is 0 Å². The molecule has 0 aliphatic carbocycles. The molecule has 6 heteroatoms. The normalized spacial score (nSPS) is 19.6. The zero-order chi connectivity index (χ0) is 16.1. The van der Waals surface area contributed by atoms with Gasteiger partial charge in [-0.25, -0.2) is 4.68 Å². The Morgan fingerprint density at radius 3 is 2.27 bits per heavy atom. The molecule has 22 heavy (non-hydrogen) atoms. The molecule has 0 radical (unpaired) electrons. The summed E-state index contributed by atoms with van der Waals surface area (Å²) < 4.78 is 14.1. The van der Waals surface area contributed by atoms with Crippen LogP contribution in [0.15, 0.2) is 24.7 Å². The van der Waals surface area contributed by atoms with Gasteiger partial charge in [0.1, 0.15) is 0 Å². The maximum Gasteiger partial charge on any atom is 0.498 e. The van der Waals surface area contributed by atoms with Gasteiger partial charge in [0.25, 0.3) is 0 Å². The van der Waals surface area contributed by atoms with E-state index in [1.54, 1.807) is 6.20 Å². The molecular formula is C16H22BN3O2. The van der Waals surface area contributed by atoms with Crippen LogP contribution in [0.3, 0.4) is 0 Å². The summed E-state index contributed by atoms with van der Waals surface area (Å²) in [5, 5.41) is 4.58. The third kappa shape index (κ3) is 2.46. The molecule has 0 N–H and O–H groups in total. The molecule has 3 heterocycles. The van der Waals surface area contributed by atoms with Gasteiger partial charge in [0.2, 0.25) is 0 Å². The fourth-order valence-corrected chi connectivity index (χ4v) is 2.47. The molecule has 1 aliphatic heterocycles. The van der Waals surface area contributed by atoms with E-state index in [-0.39, 0.29) is 11.2 Å². The number of hydrogen-bond acceptors (Lipinski definition) is 4. The number of nitrogens with zero attached hydrogens (tertiary/aromatic N) is 3. The van der Waals surface area contributed by atoms with Crippen molar-refractivity contribution in [3.63, 3.8) is 0 Å². The van der Waals surface area contributed by atoms with Gasteiger partial charge in [-0.15, -0.1) is 0 Å². The summed E-state index contributed by atoms with van der Waals surface area (Å²) >= 11 is 0. The van der Waals surface area contributed by atoms with E-state index in [2.05, 4.69) is 37.8 Å². The van der Waals surface area contributed by atoms with Crippen molar-refractivity contribution in [2.24, 2.45) is 0 Å². The van der Waals surface area contributed by atoms with Crippen molar-refractivity contribution in [3.8, 4) is 5.69 Å². The second-order valence-electron chi connectivity index (χ2n) is 6.92. The molecule has 1 saturated heterocycles.